The van der Waals surface area contributed by atoms with Crippen molar-refractivity contribution in [3.8, 4) is 10.6 Å². The molecular formula is C16H15N3O3S. The molecule has 0 aliphatic carbocycles. The molecule has 3 aromatic heterocycles. The second-order valence-corrected chi connectivity index (χ2v) is 7.29. The average Bonchev–Trinajstić information content (AvgIpc) is 3.12. The number of aromatic amines is 1. The first kappa shape index (κ1) is 15.4. The van der Waals surface area contributed by atoms with Crippen molar-refractivity contribution >= 4 is 34.3 Å². The van der Waals surface area contributed by atoms with Crippen molar-refractivity contribution in [2.45, 2.75) is 20.8 Å². The van der Waals surface area contributed by atoms with Gasteiger partial charge in [0.05, 0.1) is 22.3 Å². The number of ketones is 1. The Balaban J connectivity index is 2.10. The molecule has 3 rings (SSSR count). The second kappa shape index (κ2) is 5.27. The number of carbonyl (C=O) groups is 2. The molecule has 0 fully saturated rings. The van der Waals surface area contributed by atoms with Crippen molar-refractivity contribution in [3.05, 3.63) is 35.0 Å². The molecule has 7 heteroatoms. The van der Waals surface area contributed by atoms with Crippen LogP contribution >= 0.6 is 11.3 Å². The monoisotopic (exact) mass is 329 g/mol. The number of carboxylic acids is 1. The summed E-state index contributed by atoms with van der Waals surface area (Å²) < 4.78 is 0. The van der Waals surface area contributed by atoms with Gasteiger partial charge in [-0.2, -0.15) is 0 Å². The van der Waals surface area contributed by atoms with E-state index in [-0.39, 0.29) is 10.7 Å². The van der Waals surface area contributed by atoms with Crippen LogP contribution in [0.1, 0.15) is 40.8 Å². The van der Waals surface area contributed by atoms with E-state index in [9.17, 15) is 9.59 Å². The van der Waals surface area contributed by atoms with Crippen LogP contribution in [0.15, 0.2) is 24.5 Å². The Morgan fingerprint density at radius 2 is 2.00 bits per heavy atom. The zero-order valence-electron chi connectivity index (χ0n) is 12.9. The van der Waals surface area contributed by atoms with Gasteiger partial charge in [-0.3, -0.25) is 4.79 Å². The maximum absolute atomic E-state index is 12.5. The summed E-state index contributed by atoms with van der Waals surface area (Å²) in [5.74, 6) is -0.992. The quantitative estimate of drug-likeness (QED) is 0.716. The smallest absolute Gasteiger partial charge is 0.345 e. The van der Waals surface area contributed by atoms with Crippen molar-refractivity contribution in [1.82, 2.24) is 15.0 Å². The summed E-state index contributed by atoms with van der Waals surface area (Å²) in [5.41, 5.74) is 1.57. The van der Waals surface area contributed by atoms with E-state index in [0.717, 1.165) is 11.3 Å². The lowest BCUT2D eigenvalue weighted by atomic mass is 9.87. The van der Waals surface area contributed by atoms with E-state index in [0.29, 0.717) is 27.3 Å². The maximum Gasteiger partial charge on any atom is 0.345 e. The largest absolute Gasteiger partial charge is 0.477 e. The minimum Gasteiger partial charge on any atom is -0.477 e. The molecule has 23 heavy (non-hydrogen) atoms. The number of H-pyrrole nitrogens is 1. The van der Waals surface area contributed by atoms with Crippen LogP contribution in [0, 0.1) is 5.41 Å². The van der Waals surface area contributed by atoms with Gasteiger partial charge in [0.15, 0.2) is 11.4 Å². The lowest BCUT2D eigenvalue weighted by molar-refractivity contribution is 0.0701. The Morgan fingerprint density at radius 1 is 1.26 bits per heavy atom. The minimum absolute atomic E-state index is 0.0207. The first-order valence-electron chi connectivity index (χ1n) is 7.00. The first-order chi connectivity index (χ1) is 10.8. The highest BCUT2D eigenvalue weighted by atomic mass is 32.1. The number of Topliss-reactive ketones (excluding diaryl/α,β-unsaturated/α-hetero) is 1. The molecule has 0 spiro atoms. The van der Waals surface area contributed by atoms with E-state index in [1.165, 1.54) is 6.07 Å². The molecule has 0 unspecified atom stereocenters. The van der Waals surface area contributed by atoms with Gasteiger partial charge in [-0.05, 0) is 12.1 Å². The first-order valence-corrected chi connectivity index (χ1v) is 7.81. The van der Waals surface area contributed by atoms with Crippen LogP contribution in [0.2, 0.25) is 0 Å². The van der Waals surface area contributed by atoms with Crippen LogP contribution in [-0.2, 0) is 0 Å². The van der Waals surface area contributed by atoms with Crippen LogP contribution in [0.5, 0.6) is 0 Å². The third kappa shape index (κ3) is 2.75. The number of hydrogen-bond acceptors (Lipinski definition) is 5. The number of thiophene rings is 1. The van der Waals surface area contributed by atoms with Crippen molar-refractivity contribution < 1.29 is 14.7 Å². The average molecular weight is 329 g/mol. The molecule has 0 saturated carbocycles. The van der Waals surface area contributed by atoms with Crippen molar-refractivity contribution in [1.29, 1.82) is 0 Å². The van der Waals surface area contributed by atoms with E-state index in [2.05, 4.69) is 15.0 Å². The molecule has 2 N–H and O–H groups in total. The normalized spacial score (nSPS) is 11.8. The van der Waals surface area contributed by atoms with Crippen LogP contribution in [-0.4, -0.2) is 31.8 Å². The molecule has 0 radical (unpaired) electrons. The Hall–Kier alpha value is -2.54. The summed E-state index contributed by atoms with van der Waals surface area (Å²) in [4.78, 5) is 36.2. The Labute approximate surface area is 136 Å². The van der Waals surface area contributed by atoms with Gasteiger partial charge in [-0.25, -0.2) is 14.8 Å². The second-order valence-electron chi connectivity index (χ2n) is 6.20. The molecule has 6 nitrogen and oxygen atoms in total. The SMILES string of the molecule is CC(C)(C)C(=O)c1c[nH]c2ncc(-c3ccc(C(=O)O)s3)nc12. The van der Waals surface area contributed by atoms with Gasteiger partial charge in [0, 0.05) is 11.6 Å². The highest BCUT2D eigenvalue weighted by molar-refractivity contribution is 7.17. The number of carboxylic acid groups (broad SMARTS) is 1. The maximum atomic E-state index is 12.5. The van der Waals surface area contributed by atoms with Gasteiger partial charge in [0.1, 0.15) is 10.4 Å². The van der Waals surface area contributed by atoms with Crippen LogP contribution < -0.4 is 0 Å². The molecular weight excluding hydrogens is 314 g/mol. The summed E-state index contributed by atoms with van der Waals surface area (Å²) in [5, 5.41) is 9.01. The number of aromatic nitrogens is 3. The fraction of sp³-hybridized carbons (Fsp3) is 0.250. The summed E-state index contributed by atoms with van der Waals surface area (Å²) in [7, 11) is 0. The van der Waals surface area contributed by atoms with Crippen LogP contribution in [0.3, 0.4) is 0 Å². The van der Waals surface area contributed by atoms with E-state index in [1.807, 2.05) is 20.8 Å². The van der Waals surface area contributed by atoms with E-state index in [4.69, 9.17) is 5.11 Å². The van der Waals surface area contributed by atoms with Gasteiger partial charge in [-0.1, -0.05) is 20.8 Å². The number of carbonyl (C=O) groups excluding carboxylic acids is 1. The number of nitrogens with zero attached hydrogens (tertiary/aromatic N) is 2. The van der Waals surface area contributed by atoms with Gasteiger partial charge in [0.25, 0.3) is 0 Å². The summed E-state index contributed by atoms with van der Waals surface area (Å²) in [6.45, 7) is 5.55. The molecule has 0 bridgehead atoms. The molecule has 0 aliphatic heterocycles. The molecule has 0 atom stereocenters. The van der Waals surface area contributed by atoms with E-state index in [1.54, 1.807) is 18.5 Å². The third-order valence-electron chi connectivity index (χ3n) is 3.38. The predicted molar refractivity (Wildman–Crippen MR) is 87.9 cm³/mol. The van der Waals surface area contributed by atoms with Crippen molar-refractivity contribution in [3.63, 3.8) is 0 Å². The minimum atomic E-state index is -0.972. The Bertz CT molecular complexity index is 918. The summed E-state index contributed by atoms with van der Waals surface area (Å²) >= 11 is 1.13. The number of fused-ring (bicyclic) bond motifs is 1. The van der Waals surface area contributed by atoms with E-state index < -0.39 is 11.4 Å². The van der Waals surface area contributed by atoms with Gasteiger partial charge < -0.3 is 10.1 Å². The fourth-order valence-electron chi connectivity index (χ4n) is 2.18. The van der Waals surface area contributed by atoms with Crippen molar-refractivity contribution in [2.75, 3.05) is 0 Å². The van der Waals surface area contributed by atoms with Gasteiger partial charge in [0.2, 0.25) is 0 Å². The molecule has 0 amide bonds. The number of aromatic carboxylic acids is 1. The van der Waals surface area contributed by atoms with Gasteiger partial charge >= 0.3 is 5.97 Å². The summed E-state index contributed by atoms with van der Waals surface area (Å²) in [6.07, 6.45) is 3.20. The highest BCUT2D eigenvalue weighted by Crippen LogP contribution is 2.29. The van der Waals surface area contributed by atoms with Crippen LogP contribution in [0.25, 0.3) is 21.7 Å². The zero-order valence-corrected chi connectivity index (χ0v) is 13.7. The van der Waals surface area contributed by atoms with Crippen LogP contribution in [0.4, 0.5) is 0 Å². The molecule has 3 aromatic rings. The topological polar surface area (TPSA) is 95.9 Å². The molecule has 0 aromatic carbocycles. The standard InChI is InChI=1S/C16H15N3O3S/c1-16(2,3)13(20)8-6-17-14-12(8)19-9(7-18-14)10-4-5-11(23-10)15(21)22/h4-7H,1-3H3,(H,17,18)(H,21,22). The Kier molecular flexibility index (Phi) is 3.52. The Morgan fingerprint density at radius 3 is 2.61 bits per heavy atom. The fourth-order valence-corrected chi connectivity index (χ4v) is 2.98. The molecule has 0 aliphatic rings. The number of hydrogen-bond donors (Lipinski definition) is 2. The molecule has 118 valence electrons. The van der Waals surface area contributed by atoms with Crippen molar-refractivity contribution in [2.24, 2.45) is 5.41 Å². The highest BCUT2D eigenvalue weighted by Gasteiger charge is 2.26. The zero-order chi connectivity index (χ0) is 16.8. The molecule has 0 saturated heterocycles. The third-order valence-corrected chi connectivity index (χ3v) is 4.47. The lowest BCUT2D eigenvalue weighted by Gasteiger charge is -2.15. The number of nitrogens with one attached hydrogen (secondary N) is 1. The summed E-state index contributed by atoms with van der Waals surface area (Å²) in [6, 6.07) is 3.23. The van der Waals surface area contributed by atoms with E-state index >= 15 is 0 Å². The number of rotatable bonds is 3. The lowest BCUT2D eigenvalue weighted by Crippen LogP contribution is -2.20. The molecule has 3 heterocycles. The predicted octanol–water partition coefficient (Wildman–Crippen LogP) is 3.61. The van der Waals surface area contributed by atoms with Gasteiger partial charge in [-0.15, -0.1) is 11.3 Å².